The van der Waals surface area contributed by atoms with E-state index in [2.05, 4.69) is 10.5 Å². The first-order valence-corrected chi connectivity index (χ1v) is 11.0. The Morgan fingerprint density at radius 1 is 0.900 bits per heavy atom. The van der Waals surface area contributed by atoms with Crippen LogP contribution in [0.25, 0.3) is 0 Å². The van der Waals surface area contributed by atoms with Crippen LogP contribution in [0.15, 0.2) is 5.16 Å². The minimum absolute atomic E-state index is 0.0246. The van der Waals surface area contributed by atoms with Gasteiger partial charge in [-0.2, -0.15) is 0 Å². The first-order chi connectivity index (χ1) is 14.5. The van der Waals surface area contributed by atoms with Gasteiger partial charge >= 0.3 is 0 Å². The van der Waals surface area contributed by atoms with Gasteiger partial charge in [0, 0.05) is 26.2 Å². The van der Waals surface area contributed by atoms with Crippen molar-refractivity contribution in [1.29, 1.82) is 0 Å². The summed E-state index contributed by atoms with van der Waals surface area (Å²) in [5.41, 5.74) is 0. The van der Waals surface area contributed by atoms with Crippen LogP contribution < -0.4 is 5.32 Å². The smallest absolute Gasteiger partial charge is 0.261 e. The molecule has 0 saturated heterocycles. The number of carbonyl (C=O) groups is 3. The van der Waals surface area contributed by atoms with Gasteiger partial charge in [0.05, 0.1) is 25.9 Å². The van der Waals surface area contributed by atoms with E-state index in [1.807, 2.05) is 55.4 Å². The lowest BCUT2D eigenvalue weighted by molar-refractivity contribution is -0.131. The van der Waals surface area contributed by atoms with Crippen molar-refractivity contribution < 1.29 is 28.7 Å². The molecule has 0 radical (unpaired) electrons. The molecule has 0 fully saturated rings. The zero-order valence-corrected chi connectivity index (χ0v) is 21.3. The summed E-state index contributed by atoms with van der Waals surface area (Å²) >= 11 is 0. The molecule has 30 heavy (non-hydrogen) atoms. The van der Waals surface area contributed by atoms with Crippen molar-refractivity contribution in [1.82, 2.24) is 5.32 Å². The van der Waals surface area contributed by atoms with E-state index in [9.17, 15) is 14.4 Å². The molecule has 0 heterocycles. The number of ether oxygens (including phenoxy) is 2. The lowest BCUT2D eigenvalue weighted by atomic mass is 10.1. The maximum Gasteiger partial charge on any atom is 0.261 e. The topological polar surface area (TPSA) is 103 Å². The van der Waals surface area contributed by atoms with E-state index in [0.717, 1.165) is 0 Å². The molecule has 0 aliphatic rings. The molecular formula is C22H48N2O6. The van der Waals surface area contributed by atoms with Gasteiger partial charge in [-0.15, -0.1) is 0 Å². The van der Waals surface area contributed by atoms with Gasteiger partial charge in [-0.1, -0.05) is 60.5 Å². The Morgan fingerprint density at radius 3 is 1.87 bits per heavy atom. The number of methoxy groups -OCH3 is 1. The number of hydrogen-bond donors (Lipinski definition) is 1. The molecule has 0 aromatic rings. The zero-order valence-electron chi connectivity index (χ0n) is 21.3. The summed E-state index contributed by atoms with van der Waals surface area (Å²) in [4.78, 5) is 38.6. The highest BCUT2D eigenvalue weighted by Gasteiger charge is 2.18. The van der Waals surface area contributed by atoms with Crippen LogP contribution in [0.5, 0.6) is 0 Å². The third kappa shape index (κ3) is 37.0. The molecule has 0 aliphatic carbocycles. The number of Topliss-reactive ketones (excluding diaryl/α,β-unsaturated/α-hetero) is 2. The SMILES string of the molecule is CC.CC.CC.CC.COCCOCC/C=N/OCC(=O)N[C@@H](CC(C)=O)C(C)=O. The van der Waals surface area contributed by atoms with Crippen molar-refractivity contribution in [2.45, 2.75) is 88.1 Å². The van der Waals surface area contributed by atoms with Crippen LogP contribution in [0.4, 0.5) is 0 Å². The quantitative estimate of drug-likeness (QED) is 0.264. The van der Waals surface area contributed by atoms with Crippen molar-refractivity contribution >= 4 is 23.7 Å². The Kier molecular flexibility index (Phi) is 49.0. The van der Waals surface area contributed by atoms with Crippen molar-refractivity contribution in [3.8, 4) is 0 Å². The van der Waals surface area contributed by atoms with Crippen LogP contribution in [0.3, 0.4) is 0 Å². The van der Waals surface area contributed by atoms with Crippen LogP contribution in [-0.2, 0) is 28.7 Å². The second kappa shape index (κ2) is 37.9. The Morgan fingerprint density at radius 2 is 1.43 bits per heavy atom. The summed E-state index contributed by atoms with van der Waals surface area (Å²) in [5.74, 6) is -0.955. The van der Waals surface area contributed by atoms with Gasteiger partial charge in [0.1, 0.15) is 5.78 Å². The van der Waals surface area contributed by atoms with E-state index in [1.165, 1.54) is 20.1 Å². The molecular weight excluding hydrogens is 388 g/mol. The number of nitrogens with one attached hydrogen (secondary N) is 1. The fraction of sp³-hybridized carbons (Fsp3) is 0.818. The molecule has 0 bridgehead atoms. The summed E-state index contributed by atoms with van der Waals surface area (Å²) in [7, 11) is 1.59. The molecule has 0 unspecified atom stereocenters. The normalized spacial score (nSPS) is 9.70. The monoisotopic (exact) mass is 436 g/mol. The van der Waals surface area contributed by atoms with Crippen molar-refractivity contribution in [3.63, 3.8) is 0 Å². The van der Waals surface area contributed by atoms with E-state index in [4.69, 9.17) is 14.3 Å². The minimum atomic E-state index is -0.813. The number of rotatable bonds is 13. The molecule has 1 atom stereocenters. The van der Waals surface area contributed by atoms with Gasteiger partial charge in [0.15, 0.2) is 12.4 Å². The second-order valence-electron chi connectivity index (χ2n) is 4.59. The Balaban J connectivity index is -0.000000231. The van der Waals surface area contributed by atoms with E-state index >= 15 is 0 Å². The predicted molar refractivity (Wildman–Crippen MR) is 125 cm³/mol. The number of carbonyl (C=O) groups excluding carboxylic acids is 3. The summed E-state index contributed by atoms with van der Waals surface area (Å²) in [6.45, 7) is 19.9. The molecule has 0 spiro atoms. The van der Waals surface area contributed by atoms with Gasteiger partial charge in [0.2, 0.25) is 0 Å². The molecule has 8 nitrogen and oxygen atoms in total. The van der Waals surface area contributed by atoms with E-state index in [-0.39, 0.29) is 24.6 Å². The maximum absolute atomic E-state index is 11.5. The largest absolute Gasteiger partial charge is 0.386 e. The number of amides is 1. The highest BCUT2D eigenvalue weighted by Crippen LogP contribution is 1.95. The highest BCUT2D eigenvalue weighted by molar-refractivity contribution is 5.92. The van der Waals surface area contributed by atoms with Gasteiger partial charge < -0.3 is 19.6 Å². The minimum Gasteiger partial charge on any atom is -0.386 e. The predicted octanol–water partition coefficient (Wildman–Crippen LogP) is 4.20. The van der Waals surface area contributed by atoms with E-state index in [0.29, 0.717) is 26.2 Å². The average Bonchev–Trinajstić information content (AvgIpc) is 2.77. The highest BCUT2D eigenvalue weighted by atomic mass is 16.6. The van der Waals surface area contributed by atoms with Gasteiger partial charge in [-0.3, -0.25) is 14.4 Å². The first-order valence-electron chi connectivity index (χ1n) is 11.0. The van der Waals surface area contributed by atoms with Crippen molar-refractivity contribution in [3.05, 3.63) is 0 Å². The molecule has 0 aromatic heterocycles. The first kappa shape index (κ1) is 38.8. The summed E-state index contributed by atoms with van der Waals surface area (Å²) in [6, 6.07) is -0.813. The number of oxime groups is 1. The van der Waals surface area contributed by atoms with Crippen LogP contribution >= 0.6 is 0 Å². The lowest BCUT2D eigenvalue weighted by Crippen LogP contribution is -2.42. The second-order valence-corrected chi connectivity index (χ2v) is 4.59. The molecule has 0 saturated carbocycles. The fourth-order valence-corrected chi connectivity index (χ4v) is 1.40. The number of hydrogen-bond acceptors (Lipinski definition) is 7. The van der Waals surface area contributed by atoms with E-state index in [1.54, 1.807) is 7.11 Å². The number of ketones is 2. The van der Waals surface area contributed by atoms with Gasteiger partial charge in [-0.05, 0) is 13.8 Å². The fourth-order valence-electron chi connectivity index (χ4n) is 1.40. The average molecular weight is 437 g/mol. The summed E-state index contributed by atoms with van der Waals surface area (Å²) < 4.78 is 10.0. The third-order valence-corrected chi connectivity index (χ3v) is 2.49. The Hall–Kier alpha value is -1.80. The van der Waals surface area contributed by atoms with Crippen LogP contribution in [0.2, 0.25) is 0 Å². The van der Waals surface area contributed by atoms with Gasteiger partial charge in [0.25, 0.3) is 5.91 Å². The lowest BCUT2D eigenvalue weighted by Gasteiger charge is -2.13. The van der Waals surface area contributed by atoms with E-state index < -0.39 is 11.9 Å². The van der Waals surface area contributed by atoms with Gasteiger partial charge in [-0.25, -0.2) is 0 Å². The van der Waals surface area contributed by atoms with Crippen molar-refractivity contribution in [2.24, 2.45) is 5.16 Å². The molecule has 0 aliphatic heterocycles. The standard InChI is InChI=1S/C14H24N2O6.4C2H6/c1-11(17)9-13(12(2)18)16-14(19)10-22-15-5-4-6-21-8-7-20-3;4*1-2/h5,13H,4,6-10H2,1-3H3,(H,16,19);4*1-2H3/b15-5+;;;;/t13-;;;;/m0..../s1. The summed E-state index contributed by atoms with van der Waals surface area (Å²) in [6.07, 6.45) is 2.01. The number of nitrogens with zero attached hydrogens (tertiary/aromatic N) is 1. The molecule has 0 aromatic carbocycles. The molecule has 0 rings (SSSR count). The molecule has 8 heteroatoms. The van der Waals surface area contributed by atoms with Crippen molar-refractivity contribution in [2.75, 3.05) is 33.5 Å². The summed E-state index contributed by atoms with van der Waals surface area (Å²) in [5, 5.41) is 6.02. The van der Waals surface area contributed by atoms with Crippen LogP contribution in [-0.4, -0.2) is 63.3 Å². The zero-order chi connectivity index (χ0) is 24.8. The molecule has 1 N–H and O–H groups in total. The van der Waals surface area contributed by atoms with Crippen LogP contribution in [0.1, 0.15) is 82.1 Å². The third-order valence-electron chi connectivity index (χ3n) is 2.49. The Bertz CT molecular complexity index is 388. The Labute approximate surface area is 185 Å². The maximum atomic E-state index is 11.5. The molecule has 1 amide bonds. The molecule has 182 valence electrons. The van der Waals surface area contributed by atoms with Crippen LogP contribution in [0, 0.1) is 0 Å².